The van der Waals surface area contributed by atoms with Crippen LogP contribution in [0.25, 0.3) is 0 Å². The quantitative estimate of drug-likeness (QED) is 0.861. The summed E-state index contributed by atoms with van der Waals surface area (Å²) in [5.41, 5.74) is -0.222. The summed E-state index contributed by atoms with van der Waals surface area (Å²) >= 11 is 0. The van der Waals surface area contributed by atoms with Crippen molar-refractivity contribution >= 4 is 5.91 Å². The molecule has 3 aliphatic heterocycles. The summed E-state index contributed by atoms with van der Waals surface area (Å²) in [5.74, 6) is 0.135. The molecule has 0 spiro atoms. The van der Waals surface area contributed by atoms with Gasteiger partial charge in [-0.05, 0) is 45.1 Å². The Balaban J connectivity index is 1.51. The van der Waals surface area contributed by atoms with E-state index in [9.17, 15) is 18.0 Å². The van der Waals surface area contributed by atoms with E-state index in [-0.39, 0.29) is 30.0 Å². The first-order valence-corrected chi connectivity index (χ1v) is 8.01. The topological polar surface area (TPSA) is 41.6 Å². The minimum absolute atomic E-state index is 0.0725. The van der Waals surface area contributed by atoms with Crippen LogP contribution in [0.1, 0.15) is 32.6 Å². The van der Waals surface area contributed by atoms with Crippen LogP contribution in [0, 0.1) is 11.8 Å². The van der Waals surface area contributed by atoms with Gasteiger partial charge in [-0.2, -0.15) is 13.2 Å². The molecule has 0 radical (unpaired) electrons. The van der Waals surface area contributed by atoms with Crippen LogP contribution in [0.4, 0.5) is 13.2 Å². The lowest BCUT2D eigenvalue weighted by atomic mass is 9.70. The number of fused-ring (bicyclic) bond motifs is 1. The van der Waals surface area contributed by atoms with Gasteiger partial charge in [-0.25, -0.2) is 0 Å². The van der Waals surface area contributed by atoms with E-state index in [1.165, 1.54) is 4.90 Å². The second-order valence-electron chi connectivity index (χ2n) is 7.07. The first-order valence-electron chi connectivity index (χ1n) is 8.01. The number of alkyl halides is 3. The highest BCUT2D eigenvalue weighted by molar-refractivity contribution is 5.79. The van der Waals surface area contributed by atoms with Crippen molar-refractivity contribution in [3.8, 4) is 0 Å². The summed E-state index contributed by atoms with van der Waals surface area (Å²) in [5, 5.41) is 2.98. The number of hydrogen-bond donors (Lipinski definition) is 1. The number of ether oxygens (including phenoxy) is 1. The van der Waals surface area contributed by atoms with E-state index >= 15 is 0 Å². The number of amides is 1. The Morgan fingerprint density at radius 1 is 1.45 bits per heavy atom. The molecule has 7 heteroatoms. The number of likely N-dealkylation sites (tertiary alicyclic amines) is 1. The smallest absolute Gasteiger partial charge is 0.373 e. The minimum atomic E-state index is -4.21. The van der Waals surface area contributed by atoms with Gasteiger partial charge in [0.05, 0.1) is 30.7 Å². The first-order chi connectivity index (χ1) is 10.3. The van der Waals surface area contributed by atoms with Crippen LogP contribution in [0.3, 0.4) is 0 Å². The fourth-order valence-corrected chi connectivity index (χ4v) is 4.05. The monoisotopic (exact) mass is 320 g/mol. The molecule has 126 valence electrons. The molecule has 1 amide bonds. The highest BCUT2D eigenvalue weighted by Crippen LogP contribution is 2.50. The van der Waals surface area contributed by atoms with Crippen molar-refractivity contribution in [2.24, 2.45) is 11.8 Å². The van der Waals surface area contributed by atoms with Crippen molar-refractivity contribution in [3.63, 3.8) is 0 Å². The molecule has 3 heterocycles. The molecule has 3 saturated heterocycles. The maximum Gasteiger partial charge on any atom is 0.401 e. The SMILES string of the molecule is CC(NC(=O)C1CCCN(CC(F)(F)F)C1)C12CC(CO1)C2. The molecule has 2 unspecified atom stereocenters. The van der Waals surface area contributed by atoms with Crippen molar-refractivity contribution in [3.05, 3.63) is 0 Å². The Bertz CT molecular complexity index is 429. The van der Waals surface area contributed by atoms with Gasteiger partial charge < -0.3 is 10.1 Å². The van der Waals surface area contributed by atoms with Gasteiger partial charge in [0.25, 0.3) is 0 Å². The Kier molecular flexibility index (Phi) is 4.14. The van der Waals surface area contributed by atoms with E-state index in [1.54, 1.807) is 0 Å². The summed E-state index contributed by atoms with van der Waals surface area (Å²) in [6.45, 7) is 2.38. The van der Waals surface area contributed by atoms with E-state index in [0.29, 0.717) is 25.3 Å². The van der Waals surface area contributed by atoms with E-state index in [0.717, 1.165) is 19.4 Å². The molecule has 0 aromatic rings. The number of nitrogens with one attached hydrogen (secondary N) is 1. The van der Waals surface area contributed by atoms with Crippen LogP contribution >= 0.6 is 0 Å². The van der Waals surface area contributed by atoms with Crippen molar-refractivity contribution in [1.82, 2.24) is 10.2 Å². The molecule has 4 nitrogen and oxygen atoms in total. The molecular weight excluding hydrogens is 297 g/mol. The molecule has 22 heavy (non-hydrogen) atoms. The summed E-state index contributed by atoms with van der Waals surface area (Å²) in [7, 11) is 0. The Labute approximate surface area is 128 Å². The van der Waals surface area contributed by atoms with Crippen LogP contribution in [0.15, 0.2) is 0 Å². The number of hydrogen-bond acceptors (Lipinski definition) is 3. The van der Waals surface area contributed by atoms with Gasteiger partial charge in [0.15, 0.2) is 0 Å². The number of piperidine rings is 1. The normalized spacial score (nSPS) is 36.7. The van der Waals surface area contributed by atoms with E-state index < -0.39 is 12.7 Å². The van der Waals surface area contributed by atoms with Crippen molar-refractivity contribution in [1.29, 1.82) is 0 Å². The molecule has 4 aliphatic rings. The molecule has 1 saturated carbocycles. The Morgan fingerprint density at radius 3 is 2.77 bits per heavy atom. The third-order valence-corrected chi connectivity index (χ3v) is 5.30. The average Bonchev–Trinajstić information content (AvgIpc) is 2.97. The predicted molar refractivity (Wildman–Crippen MR) is 74.2 cm³/mol. The molecule has 2 bridgehead atoms. The highest BCUT2D eigenvalue weighted by Gasteiger charge is 2.55. The minimum Gasteiger partial charge on any atom is -0.373 e. The summed E-state index contributed by atoms with van der Waals surface area (Å²) in [6.07, 6.45) is -0.947. The second kappa shape index (κ2) is 5.67. The maximum atomic E-state index is 12.5. The zero-order chi connectivity index (χ0) is 16.0. The molecular formula is C15H23F3N2O2. The van der Waals surface area contributed by atoms with Gasteiger partial charge in [-0.15, -0.1) is 0 Å². The van der Waals surface area contributed by atoms with Crippen LogP contribution in [-0.2, 0) is 9.53 Å². The molecule has 1 aliphatic carbocycles. The molecule has 4 fully saturated rings. The molecule has 2 atom stereocenters. The van der Waals surface area contributed by atoms with Crippen LogP contribution < -0.4 is 5.32 Å². The second-order valence-corrected chi connectivity index (χ2v) is 7.07. The van der Waals surface area contributed by atoms with Gasteiger partial charge in [0, 0.05) is 6.54 Å². The van der Waals surface area contributed by atoms with Crippen molar-refractivity contribution in [2.45, 2.75) is 50.4 Å². The highest BCUT2D eigenvalue weighted by atomic mass is 19.4. The Hall–Kier alpha value is -0.820. The number of carbonyl (C=O) groups excluding carboxylic acids is 1. The summed E-state index contributed by atoms with van der Waals surface area (Å²) < 4.78 is 43.2. The lowest BCUT2D eigenvalue weighted by Gasteiger charge is -2.42. The van der Waals surface area contributed by atoms with Gasteiger partial charge in [-0.3, -0.25) is 9.69 Å². The van der Waals surface area contributed by atoms with Crippen LogP contribution in [-0.4, -0.2) is 54.9 Å². The van der Waals surface area contributed by atoms with Gasteiger partial charge in [-0.1, -0.05) is 0 Å². The standard InChI is InChI=1S/C15H23F3N2O2/c1-10(14-5-11(6-14)8-22-14)19-13(21)12-3-2-4-20(7-12)9-15(16,17)18/h10-12H,2-9H2,1H3,(H,19,21). The Morgan fingerprint density at radius 2 is 2.18 bits per heavy atom. The maximum absolute atomic E-state index is 12.5. The molecule has 4 rings (SSSR count). The van der Waals surface area contributed by atoms with Gasteiger partial charge in [0.2, 0.25) is 5.91 Å². The zero-order valence-corrected chi connectivity index (χ0v) is 12.8. The van der Waals surface area contributed by atoms with E-state index in [1.807, 2.05) is 6.92 Å². The lowest BCUT2D eigenvalue weighted by molar-refractivity contribution is -0.152. The molecule has 0 aromatic carbocycles. The van der Waals surface area contributed by atoms with E-state index in [2.05, 4.69) is 5.32 Å². The third kappa shape index (κ3) is 3.25. The van der Waals surface area contributed by atoms with Gasteiger partial charge in [0.1, 0.15) is 0 Å². The fraction of sp³-hybridized carbons (Fsp3) is 0.933. The lowest BCUT2D eigenvalue weighted by Crippen LogP contribution is -2.56. The molecule has 1 N–H and O–H groups in total. The predicted octanol–water partition coefficient (Wildman–Crippen LogP) is 1.94. The first kappa shape index (κ1) is 16.1. The fourth-order valence-electron chi connectivity index (χ4n) is 4.05. The van der Waals surface area contributed by atoms with E-state index in [4.69, 9.17) is 4.74 Å². The average molecular weight is 320 g/mol. The largest absolute Gasteiger partial charge is 0.401 e. The third-order valence-electron chi connectivity index (χ3n) is 5.30. The van der Waals surface area contributed by atoms with Gasteiger partial charge >= 0.3 is 6.18 Å². The van der Waals surface area contributed by atoms with Crippen LogP contribution in [0.5, 0.6) is 0 Å². The number of rotatable bonds is 4. The molecule has 0 aromatic heterocycles. The summed E-state index contributed by atoms with van der Waals surface area (Å²) in [6, 6.07) is -0.0725. The van der Waals surface area contributed by atoms with Crippen molar-refractivity contribution < 1.29 is 22.7 Å². The zero-order valence-electron chi connectivity index (χ0n) is 12.8. The number of halogens is 3. The summed E-state index contributed by atoms with van der Waals surface area (Å²) in [4.78, 5) is 13.7. The van der Waals surface area contributed by atoms with Crippen molar-refractivity contribution in [2.75, 3.05) is 26.2 Å². The number of carbonyl (C=O) groups is 1. The van der Waals surface area contributed by atoms with Crippen LogP contribution in [0.2, 0.25) is 0 Å². The number of nitrogens with zero attached hydrogens (tertiary/aromatic N) is 1.